The standard InChI is InChI=1S/C11H22O4/c1-4-7-9-14-11(12)15-10(8-5-2)13-6-3/h10H,4-9H2,1-3H3. The quantitative estimate of drug-likeness (QED) is 0.357. The van der Waals surface area contributed by atoms with E-state index in [1.165, 1.54) is 0 Å². The molecule has 0 saturated heterocycles. The molecular formula is C11H22O4. The van der Waals surface area contributed by atoms with Crippen molar-refractivity contribution in [1.82, 2.24) is 0 Å². The van der Waals surface area contributed by atoms with E-state index in [2.05, 4.69) is 0 Å². The van der Waals surface area contributed by atoms with E-state index < -0.39 is 12.4 Å². The Morgan fingerprint density at radius 3 is 2.47 bits per heavy atom. The van der Waals surface area contributed by atoms with Crippen LogP contribution in [0.25, 0.3) is 0 Å². The second-order valence-electron chi connectivity index (χ2n) is 3.24. The summed E-state index contributed by atoms with van der Waals surface area (Å²) < 4.78 is 15.1. The van der Waals surface area contributed by atoms with Crippen LogP contribution in [-0.4, -0.2) is 25.7 Å². The van der Waals surface area contributed by atoms with Crippen molar-refractivity contribution in [3.05, 3.63) is 0 Å². The van der Waals surface area contributed by atoms with Gasteiger partial charge in [-0.3, -0.25) is 0 Å². The van der Waals surface area contributed by atoms with Crippen molar-refractivity contribution in [3.63, 3.8) is 0 Å². The Morgan fingerprint density at radius 2 is 1.93 bits per heavy atom. The van der Waals surface area contributed by atoms with Gasteiger partial charge in [-0.15, -0.1) is 0 Å². The summed E-state index contributed by atoms with van der Waals surface area (Å²) in [5, 5.41) is 0. The van der Waals surface area contributed by atoms with E-state index in [4.69, 9.17) is 14.2 Å². The number of hydrogen-bond donors (Lipinski definition) is 0. The van der Waals surface area contributed by atoms with Gasteiger partial charge in [-0.1, -0.05) is 26.7 Å². The molecule has 4 nitrogen and oxygen atoms in total. The second-order valence-corrected chi connectivity index (χ2v) is 3.24. The fourth-order valence-corrected chi connectivity index (χ4v) is 1.04. The number of ether oxygens (including phenoxy) is 3. The topological polar surface area (TPSA) is 44.8 Å². The summed E-state index contributed by atoms with van der Waals surface area (Å²) in [7, 11) is 0. The third-order valence-corrected chi connectivity index (χ3v) is 1.82. The highest BCUT2D eigenvalue weighted by Crippen LogP contribution is 2.05. The lowest BCUT2D eigenvalue weighted by atomic mass is 10.3. The molecule has 0 bridgehead atoms. The molecule has 15 heavy (non-hydrogen) atoms. The second kappa shape index (κ2) is 9.77. The van der Waals surface area contributed by atoms with Gasteiger partial charge in [-0.05, 0) is 13.3 Å². The smallest absolute Gasteiger partial charge is 0.434 e. The van der Waals surface area contributed by atoms with E-state index in [1.807, 2.05) is 20.8 Å². The zero-order chi connectivity index (χ0) is 11.5. The predicted molar refractivity (Wildman–Crippen MR) is 57.7 cm³/mol. The molecule has 0 aromatic rings. The number of rotatable bonds is 8. The van der Waals surface area contributed by atoms with Crippen LogP contribution in [0.5, 0.6) is 0 Å². The number of carbonyl (C=O) groups is 1. The highest BCUT2D eigenvalue weighted by Gasteiger charge is 2.13. The van der Waals surface area contributed by atoms with Crippen molar-refractivity contribution < 1.29 is 19.0 Å². The van der Waals surface area contributed by atoms with E-state index in [0.717, 1.165) is 19.3 Å². The molecule has 0 aliphatic heterocycles. The average Bonchev–Trinajstić information content (AvgIpc) is 2.19. The summed E-state index contributed by atoms with van der Waals surface area (Å²) in [6, 6.07) is 0. The molecule has 0 aliphatic carbocycles. The van der Waals surface area contributed by atoms with Crippen molar-refractivity contribution in [2.75, 3.05) is 13.2 Å². The average molecular weight is 218 g/mol. The van der Waals surface area contributed by atoms with Gasteiger partial charge >= 0.3 is 6.16 Å². The lowest BCUT2D eigenvalue weighted by molar-refractivity contribution is -0.122. The van der Waals surface area contributed by atoms with Crippen molar-refractivity contribution in [1.29, 1.82) is 0 Å². The Labute approximate surface area is 91.9 Å². The van der Waals surface area contributed by atoms with Gasteiger partial charge in [0.1, 0.15) is 0 Å². The SMILES string of the molecule is CCCCOC(=O)OC(CCC)OCC. The molecule has 0 aliphatic rings. The Balaban J connectivity index is 3.67. The van der Waals surface area contributed by atoms with E-state index in [-0.39, 0.29) is 0 Å². The molecule has 90 valence electrons. The molecular weight excluding hydrogens is 196 g/mol. The third-order valence-electron chi connectivity index (χ3n) is 1.82. The van der Waals surface area contributed by atoms with Gasteiger partial charge in [0.05, 0.1) is 6.61 Å². The van der Waals surface area contributed by atoms with Crippen molar-refractivity contribution in [2.24, 2.45) is 0 Å². The highest BCUT2D eigenvalue weighted by atomic mass is 16.8. The molecule has 0 heterocycles. The first-order valence-electron chi connectivity index (χ1n) is 5.69. The highest BCUT2D eigenvalue weighted by molar-refractivity contribution is 5.59. The molecule has 0 spiro atoms. The van der Waals surface area contributed by atoms with Gasteiger partial charge in [0.2, 0.25) is 6.29 Å². The van der Waals surface area contributed by atoms with Crippen LogP contribution in [0.4, 0.5) is 4.79 Å². The van der Waals surface area contributed by atoms with E-state index in [1.54, 1.807) is 0 Å². The maximum absolute atomic E-state index is 11.2. The predicted octanol–water partition coefficient (Wildman–Crippen LogP) is 3.10. The third kappa shape index (κ3) is 8.24. The van der Waals surface area contributed by atoms with Crippen LogP contribution in [0, 0.1) is 0 Å². The van der Waals surface area contributed by atoms with Crippen molar-refractivity contribution in [2.45, 2.75) is 52.7 Å². The minimum atomic E-state index is -0.629. The monoisotopic (exact) mass is 218 g/mol. The number of unbranched alkanes of at least 4 members (excludes halogenated alkanes) is 1. The molecule has 0 radical (unpaired) electrons. The van der Waals surface area contributed by atoms with Crippen LogP contribution in [0.3, 0.4) is 0 Å². The van der Waals surface area contributed by atoms with Gasteiger partial charge in [0, 0.05) is 13.0 Å². The summed E-state index contributed by atoms with van der Waals surface area (Å²) >= 11 is 0. The largest absolute Gasteiger partial charge is 0.510 e. The van der Waals surface area contributed by atoms with Gasteiger partial charge in [0.15, 0.2) is 0 Å². The molecule has 1 atom stereocenters. The minimum absolute atomic E-state index is 0.417. The molecule has 0 aromatic heterocycles. The summed E-state index contributed by atoms with van der Waals surface area (Å²) in [5.41, 5.74) is 0. The lowest BCUT2D eigenvalue weighted by Gasteiger charge is -2.16. The molecule has 0 N–H and O–H groups in total. The van der Waals surface area contributed by atoms with Crippen LogP contribution in [-0.2, 0) is 14.2 Å². The molecule has 1 unspecified atom stereocenters. The fourth-order valence-electron chi connectivity index (χ4n) is 1.04. The van der Waals surface area contributed by atoms with Crippen LogP contribution in [0.15, 0.2) is 0 Å². The van der Waals surface area contributed by atoms with Crippen LogP contribution in [0.1, 0.15) is 46.5 Å². The first kappa shape index (κ1) is 14.2. The van der Waals surface area contributed by atoms with Gasteiger partial charge in [-0.2, -0.15) is 0 Å². The zero-order valence-electron chi connectivity index (χ0n) is 9.95. The summed E-state index contributed by atoms with van der Waals surface area (Å²) in [6.45, 7) is 6.87. The Hall–Kier alpha value is -0.770. The van der Waals surface area contributed by atoms with Gasteiger partial charge < -0.3 is 14.2 Å². The Morgan fingerprint density at radius 1 is 1.20 bits per heavy atom. The van der Waals surface area contributed by atoms with E-state index in [0.29, 0.717) is 19.6 Å². The molecule has 4 heteroatoms. The first-order chi connectivity index (χ1) is 7.24. The van der Waals surface area contributed by atoms with Crippen LogP contribution < -0.4 is 0 Å². The maximum Gasteiger partial charge on any atom is 0.510 e. The molecule has 0 fully saturated rings. The summed E-state index contributed by atoms with van der Waals surface area (Å²) in [5.74, 6) is 0. The summed E-state index contributed by atoms with van der Waals surface area (Å²) in [4.78, 5) is 11.2. The van der Waals surface area contributed by atoms with Crippen molar-refractivity contribution in [3.8, 4) is 0 Å². The number of hydrogen-bond acceptors (Lipinski definition) is 4. The molecule has 0 aromatic carbocycles. The molecule has 0 saturated carbocycles. The van der Waals surface area contributed by atoms with Crippen molar-refractivity contribution >= 4 is 6.16 Å². The van der Waals surface area contributed by atoms with E-state index >= 15 is 0 Å². The zero-order valence-corrected chi connectivity index (χ0v) is 9.95. The normalized spacial score (nSPS) is 12.2. The van der Waals surface area contributed by atoms with E-state index in [9.17, 15) is 4.79 Å². The fraction of sp³-hybridized carbons (Fsp3) is 0.909. The van der Waals surface area contributed by atoms with Crippen LogP contribution >= 0.6 is 0 Å². The Kier molecular flexibility index (Phi) is 9.27. The molecule has 0 rings (SSSR count). The lowest BCUT2D eigenvalue weighted by Crippen LogP contribution is -2.22. The first-order valence-corrected chi connectivity index (χ1v) is 5.69. The maximum atomic E-state index is 11.2. The van der Waals surface area contributed by atoms with Gasteiger partial charge in [-0.25, -0.2) is 4.79 Å². The minimum Gasteiger partial charge on any atom is -0.434 e. The Bertz CT molecular complexity index is 153. The molecule has 0 amide bonds. The van der Waals surface area contributed by atoms with Crippen LogP contribution in [0.2, 0.25) is 0 Å². The van der Waals surface area contributed by atoms with Gasteiger partial charge in [0.25, 0.3) is 0 Å². The number of carbonyl (C=O) groups excluding carboxylic acids is 1. The summed E-state index contributed by atoms with van der Waals surface area (Å²) in [6.07, 6.45) is 2.38.